The van der Waals surface area contributed by atoms with Gasteiger partial charge in [0, 0.05) is 16.5 Å². The number of hydrogen-bond donors (Lipinski definition) is 1. The first kappa shape index (κ1) is 12.5. The van der Waals surface area contributed by atoms with Gasteiger partial charge in [-0.05, 0) is 24.3 Å². The number of hydrogen-bond acceptors (Lipinski definition) is 4. The molecule has 0 aromatic heterocycles. The second-order valence-corrected chi connectivity index (χ2v) is 3.81. The van der Waals surface area contributed by atoms with Crippen LogP contribution in [0.3, 0.4) is 0 Å². The SMILES string of the molecule is CCC1C=C(C(=O)OC)CC(N=[N+]=[N-])C1N. The maximum atomic E-state index is 11.4. The van der Waals surface area contributed by atoms with Crippen molar-refractivity contribution in [1.29, 1.82) is 0 Å². The van der Waals surface area contributed by atoms with E-state index in [1.54, 1.807) is 0 Å². The summed E-state index contributed by atoms with van der Waals surface area (Å²) in [5.41, 5.74) is 15.0. The van der Waals surface area contributed by atoms with E-state index in [1.807, 2.05) is 13.0 Å². The predicted molar refractivity (Wildman–Crippen MR) is 59.4 cm³/mol. The van der Waals surface area contributed by atoms with Gasteiger partial charge in [0.2, 0.25) is 0 Å². The maximum absolute atomic E-state index is 11.4. The first-order valence-corrected chi connectivity index (χ1v) is 5.22. The van der Waals surface area contributed by atoms with Crippen LogP contribution in [0.2, 0.25) is 0 Å². The van der Waals surface area contributed by atoms with Gasteiger partial charge in [-0.3, -0.25) is 0 Å². The number of carbonyl (C=O) groups excluding carboxylic acids is 1. The van der Waals surface area contributed by atoms with Gasteiger partial charge in [0.05, 0.1) is 13.2 Å². The van der Waals surface area contributed by atoms with Crippen molar-refractivity contribution in [3.63, 3.8) is 0 Å². The molecule has 0 spiro atoms. The minimum absolute atomic E-state index is 0.0540. The summed E-state index contributed by atoms with van der Waals surface area (Å²) >= 11 is 0. The third-order valence-electron chi connectivity index (χ3n) is 2.90. The topological polar surface area (TPSA) is 101 Å². The van der Waals surface area contributed by atoms with Crippen LogP contribution >= 0.6 is 0 Å². The number of methoxy groups -OCH3 is 1. The van der Waals surface area contributed by atoms with Gasteiger partial charge in [-0.1, -0.05) is 18.1 Å². The Bertz CT molecular complexity index is 347. The van der Waals surface area contributed by atoms with E-state index in [2.05, 4.69) is 14.8 Å². The smallest absolute Gasteiger partial charge is 0.333 e. The molecule has 0 aromatic carbocycles. The third-order valence-corrected chi connectivity index (χ3v) is 2.90. The first-order chi connectivity index (χ1) is 7.63. The molecule has 1 rings (SSSR count). The monoisotopic (exact) mass is 224 g/mol. The average Bonchev–Trinajstić information content (AvgIpc) is 2.31. The largest absolute Gasteiger partial charge is 0.466 e. The summed E-state index contributed by atoms with van der Waals surface area (Å²) in [5, 5.41) is 3.64. The Balaban J connectivity index is 2.95. The van der Waals surface area contributed by atoms with Crippen molar-refractivity contribution in [3.8, 4) is 0 Å². The highest BCUT2D eigenvalue weighted by molar-refractivity contribution is 5.88. The zero-order chi connectivity index (χ0) is 12.1. The van der Waals surface area contributed by atoms with Crippen molar-refractivity contribution in [2.45, 2.75) is 31.8 Å². The molecule has 3 atom stereocenters. The van der Waals surface area contributed by atoms with Crippen molar-refractivity contribution in [2.75, 3.05) is 7.11 Å². The number of nitrogens with zero attached hydrogens (tertiary/aromatic N) is 3. The average molecular weight is 224 g/mol. The van der Waals surface area contributed by atoms with Gasteiger partial charge in [-0.15, -0.1) is 0 Å². The second kappa shape index (κ2) is 5.53. The van der Waals surface area contributed by atoms with Crippen LogP contribution in [0, 0.1) is 5.92 Å². The minimum Gasteiger partial charge on any atom is -0.466 e. The fraction of sp³-hybridized carbons (Fsp3) is 0.700. The van der Waals surface area contributed by atoms with Crippen LogP contribution in [0.15, 0.2) is 16.8 Å². The molecule has 0 fully saturated rings. The molecule has 0 amide bonds. The number of carbonyl (C=O) groups is 1. The highest BCUT2D eigenvalue weighted by Crippen LogP contribution is 2.27. The molecule has 1 aliphatic carbocycles. The predicted octanol–water partition coefficient (Wildman–Crippen LogP) is 1.52. The molecule has 3 unspecified atom stereocenters. The van der Waals surface area contributed by atoms with Crippen LogP contribution in [0.4, 0.5) is 0 Å². The van der Waals surface area contributed by atoms with Crippen molar-refractivity contribution in [2.24, 2.45) is 16.8 Å². The Kier molecular flexibility index (Phi) is 4.34. The van der Waals surface area contributed by atoms with Gasteiger partial charge in [0.25, 0.3) is 0 Å². The summed E-state index contributed by atoms with van der Waals surface area (Å²) in [5.74, 6) is -0.318. The molecule has 88 valence electrons. The lowest BCUT2D eigenvalue weighted by atomic mass is 9.82. The highest BCUT2D eigenvalue weighted by Gasteiger charge is 2.31. The van der Waals surface area contributed by atoms with E-state index in [0.29, 0.717) is 12.0 Å². The number of ether oxygens (including phenoxy) is 1. The molecule has 0 heterocycles. The minimum atomic E-state index is -0.372. The first-order valence-electron chi connectivity index (χ1n) is 5.22. The molecule has 2 N–H and O–H groups in total. The van der Waals surface area contributed by atoms with Gasteiger partial charge in [-0.25, -0.2) is 4.79 Å². The van der Waals surface area contributed by atoms with E-state index >= 15 is 0 Å². The maximum Gasteiger partial charge on any atom is 0.333 e. The fourth-order valence-electron chi connectivity index (χ4n) is 1.94. The quantitative estimate of drug-likeness (QED) is 0.340. The molecular formula is C10H16N4O2. The molecular weight excluding hydrogens is 208 g/mol. The molecule has 1 aliphatic rings. The van der Waals surface area contributed by atoms with E-state index in [0.717, 1.165) is 6.42 Å². The van der Waals surface area contributed by atoms with Crippen LogP contribution in [0.1, 0.15) is 19.8 Å². The van der Waals surface area contributed by atoms with Crippen LogP contribution in [0.5, 0.6) is 0 Å². The Morgan fingerprint density at radius 3 is 3.00 bits per heavy atom. The van der Waals surface area contributed by atoms with E-state index in [4.69, 9.17) is 11.3 Å². The number of azide groups is 1. The van der Waals surface area contributed by atoms with E-state index in [9.17, 15) is 4.79 Å². The standard InChI is InChI=1S/C10H16N4O2/c1-3-6-4-7(10(15)16-2)5-8(9(6)11)13-14-12/h4,6,8-9H,3,5,11H2,1-2H3. The van der Waals surface area contributed by atoms with Crippen LogP contribution < -0.4 is 5.73 Å². The summed E-state index contributed by atoms with van der Waals surface area (Å²) in [4.78, 5) is 14.2. The Morgan fingerprint density at radius 2 is 2.50 bits per heavy atom. The molecule has 16 heavy (non-hydrogen) atoms. The Morgan fingerprint density at radius 1 is 1.81 bits per heavy atom. The van der Waals surface area contributed by atoms with Gasteiger partial charge >= 0.3 is 5.97 Å². The number of esters is 1. The zero-order valence-corrected chi connectivity index (χ0v) is 9.46. The molecule has 0 saturated heterocycles. The summed E-state index contributed by atoms with van der Waals surface area (Å²) in [6, 6.07) is -0.594. The van der Waals surface area contributed by atoms with E-state index in [-0.39, 0.29) is 24.0 Å². The zero-order valence-electron chi connectivity index (χ0n) is 9.46. The van der Waals surface area contributed by atoms with Crippen molar-refractivity contribution >= 4 is 5.97 Å². The lowest BCUT2D eigenvalue weighted by molar-refractivity contribution is -0.136. The van der Waals surface area contributed by atoms with Gasteiger partial charge in [0.15, 0.2) is 0 Å². The highest BCUT2D eigenvalue weighted by atomic mass is 16.5. The van der Waals surface area contributed by atoms with Crippen LogP contribution in [-0.4, -0.2) is 25.2 Å². The van der Waals surface area contributed by atoms with Crippen LogP contribution in [-0.2, 0) is 9.53 Å². The summed E-state index contributed by atoms with van der Waals surface area (Å²) < 4.78 is 4.66. The number of rotatable bonds is 3. The third kappa shape index (κ3) is 2.53. The summed E-state index contributed by atoms with van der Waals surface area (Å²) in [6.07, 6.45) is 2.99. The van der Waals surface area contributed by atoms with E-state index in [1.165, 1.54) is 7.11 Å². The lowest BCUT2D eigenvalue weighted by Crippen LogP contribution is -2.43. The second-order valence-electron chi connectivity index (χ2n) is 3.81. The van der Waals surface area contributed by atoms with Crippen molar-refractivity contribution in [1.82, 2.24) is 0 Å². The molecule has 6 heteroatoms. The molecule has 6 nitrogen and oxygen atoms in total. The van der Waals surface area contributed by atoms with Crippen LogP contribution in [0.25, 0.3) is 10.4 Å². The molecule has 0 saturated carbocycles. The summed E-state index contributed by atoms with van der Waals surface area (Å²) in [7, 11) is 1.33. The van der Waals surface area contributed by atoms with Gasteiger partial charge < -0.3 is 10.5 Å². The Labute approximate surface area is 94.1 Å². The normalized spacial score (nSPS) is 28.9. The van der Waals surface area contributed by atoms with Crippen molar-refractivity contribution < 1.29 is 9.53 Å². The van der Waals surface area contributed by atoms with Gasteiger partial charge in [-0.2, -0.15) is 0 Å². The van der Waals surface area contributed by atoms with Crippen molar-refractivity contribution in [3.05, 3.63) is 22.1 Å². The van der Waals surface area contributed by atoms with E-state index < -0.39 is 0 Å². The Hall–Kier alpha value is -1.52. The molecule has 0 bridgehead atoms. The summed E-state index contributed by atoms with van der Waals surface area (Å²) in [6.45, 7) is 1.98. The molecule has 0 radical (unpaired) electrons. The fourth-order valence-corrected chi connectivity index (χ4v) is 1.94. The van der Waals surface area contributed by atoms with Gasteiger partial charge in [0.1, 0.15) is 0 Å². The number of nitrogens with two attached hydrogens (primary N) is 1. The lowest BCUT2D eigenvalue weighted by Gasteiger charge is -2.30. The molecule has 0 aliphatic heterocycles. The molecule has 0 aromatic rings.